The molecule has 198 valence electrons. The molecule has 4 nitrogen and oxygen atoms in total. The van der Waals surface area contributed by atoms with Crippen molar-refractivity contribution in [3.8, 4) is 11.3 Å². The van der Waals surface area contributed by atoms with Crippen LogP contribution < -0.4 is 5.32 Å². The number of aromatic nitrogens is 1. The zero-order chi connectivity index (χ0) is 26.6. The number of piperidine rings is 1. The molecule has 0 atom stereocenters. The Morgan fingerprint density at radius 3 is 2.61 bits per heavy atom. The molecule has 0 spiro atoms. The maximum atomic E-state index is 12.1. The number of halogens is 1. The Kier molecular flexibility index (Phi) is 8.54. The first kappa shape index (κ1) is 26.9. The molecule has 1 aromatic heterocycles. The fraction of sp³-hybridized carbons (Fsp3) is 0.364. The molecule has 1 aliphatic heterocycles. The largest absolute Gasteiger partial charge is 0.354 e. The highest BCUT2D eigenvalue weighted by molar-refractivity contribution is 14.1. The lowest BCUT2D eigenvalue weighted by Crippen LogP contribution is -2.33. The molecular formula is C33H38IN3O. The first-order valence-electron chi connectivity index (χ1n) is 13.9. The lowest BCUT2D eigenvalue weighted by atomic mass is 9.89. The molecule has 2 heterocycles. The number of carbonyl (C=O) groups is 1. The lowest BCUT2D eigenvalue weighted by molar-refractivity contribution is -0.118. The van der Waals surface area contributed by atoms with Crippen LogP contribution in [0.3, 0.4) is 0 Å². The molecule has 0 unspecified atom stereocenters. The second kappa shape index (κ2) is 12.0. The van der Waals surface area contributed by atoms with Crippen LogP contribution >= 0.6 is 22.6 Å². The summed E-state index contributed by atoms with van der Waals surface area (Å²) in [6.45, 7) is 9.42. The van der Waals surface area contributed by atoms with Gasteiger partial charge in [-0.2, -0.15) is 0 Å². The average molecular weight is 620 g/mol. The molecule has 5 heteroatoms. The van der Waals surface area contributed by atoms with Crippen molar-refractivity contribution in [2.24, 2.45) is 5.92 Å². The van der Waals surface area contributed by atoms with Crippen LogP contribution in [0.1, 0.15) is 55.7 Å². The number of likely N-dealkylation sites (tertiary alicyclic amines) is 1. The van der Waals surface area contributed by atoms with E-state index in [1.165, 1.54) is 55.3 Å². The van der Waals surface area contributed by atoms with Crippen molar-refractivity contribution >= 4 is 45.1 Å². The van der Waals surface area contributed by atoms with E-state index in [1.54, 1.807) is 0 Å². The van der Waals surface area contributed by atoms with Gasteiger partial charge in [0.1, 0.15) is 0 Å². The fourth-order valence-electron chi connectivity index (χ4n) is 5.64. The number of fused-ring (bicyclic) bond motifs is 1. The first-order valence-corrected chi connectivity index (χ1v) is 15.0. The third kappa shape index (κ3) is 6.32. The fourth-order valence-corrected chi connectivity index (χ4v) is 6.18. The minimum atomic E-state index is -0.0114. The predicted molar refractivity (Wildman–Crippen MR) is 168 cm³/mol. The Balaban J connectivity index is 1.21. The van der Waals surface area contributed by atoms with E-state index < -0.39 is 0 Å². The van der Waals surface area contributed by atoms with Crippen LogP contribution in [0, 0.1) is 16.4 Å². The summed E-state index contributed by atoms with van der Waals surface area (Å²) in [5.74, 6) is 0.626. The van der Waals surface area contributed by atoms with Gasteiger partial charge in [0, 0.05) is 31.8 Å². The Labute approximate surface area is 240 Å². The smallest absolute Gasteiger partial charge is 0.226 e. The highest BCUT2D eigenvalue weighted by Crippen LogP contribution is 2.33. The molecular weight excluding hydrogens is 581 g/mol. The standard InChI is InChI=1S/C33H38IN3O/c1-22(2)33(38)35-28-10-5-7-25(21-28)24-14-17-37(18-15-24)16-6-11-29-30-19-23(3)12-13-31(30)36-32(29)26-8-4-9-27(34)20-26/h4-5,7-10,12-13,19-22,24,36H,6,11,14-18H2,1-3H3,(H,35,38). The molecule has 2 N–H and O–H groups in total. The Morgan fingerprint density at radius 2 is 1.84 bits per heavy atom. The molecule has 0 aliphatic carbocycles. The summed E-state index contributed by atoms with van der Waals surface area (Å²) >= 11 is 2.40. The highest BCUT2D eigenvalue weighted by Gasteiger charge is 2.21. The Hall–Kier alpha value is -2.64. The average Bonchev–Trinajstić information content (AvgIpc) is 3.27. The van der Waals surface area contributed by atoms with Gasteiger partial charge in [0.15, 0.2) is 0 Å². The molecule has 1 fully saturated rings. The number of hydrogen-bond acceptors (Lipinski definition) is 2. The SMILES string of the molecule is Cc1ccc2[nH]c(-c3cccc(I)c3)c(CCCN3CCC(c4cccc(NC(=O)C(C)C)c4)CC3)c2c1. The van der Waals surface area contributed by atoms with E-state index in [0.717, 1.165) is 38.2 Å². The van der Waals surface area contributed by atoms with Gasteiger partial charge >= 0.3 is 0 Å². The predicted octanol–water partition coefficient (Wildman–Crippen LogP) is 8.15. The van der Waals surface area contributed by atoms with Gasteiger partial charge in [-0.15, -0.1) is 0 Å². The molecule has 0 saturated carbocycles. The van der Waals surface area contributed by atoms with Gasteiger partial charge in [-0.3, -0.25) is 4.79 Å². The van der Waals surface area contributed by atoms with Crippen molar-refractivity contribution in [3.05, 3.63) is 87.0 Å². The van der Waals surface area contributed by atoms with Gasteiger partial charge in [0.05, 0.1) is 0 Å². The van der Waals surface area contributed by atoms with Gasteiger partial charge in [-0.05, 0) is 134 Å². The Morgan fingerprint density at radius 1 is 1.05 bits per heavy atom. The normalized spacial score (nSPS) is 14.9. The molecule has 0 bridgehead atoms. The van der Waals surface area contributed by atoms with Crippen molar-refractivity contribution in [1.82, 2.24) is 9.88 Å². The van der Waals surface area contributed by atoms with Crippen LogP contribution in [0.2, 0.25) is 0 Å². The van der Waals surface area contributed by atoms with E-state index in [2.05, 4.69) is 105 Å². The van der Waals surface area contributed by atoms with E-state index in [4.69, 9.17) is 0 Å². The van der Waals surface area contributed by atoms with E-state index in [-0.39, 0.29) is 11.8 Å². The molecule has 5 rings (SSSR count). The maximum absolute atomic E-state index is 12.1. The van der Waals surface area contributed by atoms with Crippen molar-refractivity contribution in [1.29, 1.82) is 0 Å². The zero-order valence-corrected chi connectivity index (χ0v) is 24.8. The monoisotopic (exact) mass is 619 g/mol. The third-order valence-electron chi connectivity index (χ3n) is 7.81. The van der Waals surface area contributed by atoms with Crippen LogP contribution in [-0.4, -0.2) is 35.4 Å². The summed E-state index contributed by atoms with van der Waals surface area (Å²) < 4.78 is 1.26. The van der Waals surface area contributed by atoms with E-state index >= 15 is 0 Å². The number of aromatic amines is 1. The van der Waals surface area contributed by atoms with Crippen LogP contribution in [0.15, 0.2) is 66.7 Å². The van der Waals surface area contributed by atoms with E-state index in [1.807, 2.05) is 19.9 Å². The summed E-state index contributed by atoms with van der Waals surface area (Å²) in [7, 11) is 0. The van der Waals surface area contributed by atoms with E-state index in [0.29, 0.717) is 5.92 Å². The molecule has 1 aliphatic rings. The first-order chi connectivity index (χ1) is 18.4. The second-order valence-electron chi connectivity index (χ2n) is 11.0. The summed E-state index contributed by atoms with van der Waals surface area (Å²) in [6.07, 6.45) is 4.56. The number of aryl methyl sites for hydroxylation is 2. The number of nitrogens with zero attached hydrogens (tertiary/aromatic N) is 1. The minimum absolute atomic E-state index is 0.0114. The number of carbonyl (C=O) groups excluding carboxylic acids is 1. The summed E-state index contributed by atoms with van der Waals surface area (Å²) in [5.41, 5.74) is 8.79. The van der Waals surface area contributed by atoms with E-state index in [9.17, 15) is 4.79 Å². The lowest BCUT2D eigenvalue weighted by Gasteiger charge is -2.32. The van der Waals surface area contributed by atoms with Gasteiger partial charge in [-0.1, -0.05) is 49.7 Å². The zero-order valence-electron chi connectivity index (χ0n) is 22.7. The minimum Gasteiger partial charge on any atom is -0.354 e. The van der Waals surface area contributed by atoms with Crippen molar-refractivity contribution < 1.29 is 4.79 Å². The number of rotatable bonds is 8. The van der Waals surface area contributed by atoms with Gasteiger partial charge < -0.3 is 15.2 Å². The molecule has 4 aromatic rings. The van der Waals surface area contributed by atoms with Gasteiger partial charge in [0.25, 0.3) is 0 Å². The number of hydrogen-bond donors (Lipinski definition) is 2. The van der Waals surface area contributed by atoms with Crippen molar-refractivity contribution in [3.63, 3.8) is 0 Å². The molecule has 1 saturated heterocycles. The van der Waals surface area contributed by atoms with Crippen LogP contribution in [0.4, 0.5) is 5.69 Å². The molecule has 1 amide bonds. The number of H-pyrrole nitrogens is 1. The third-order valence-corrected chi connectivity index (χ3v) is 8.48. The quantitative estimate of drug-likeness (QED) is 0.196. The Bertz CT molecular complexity index is 1420. The van der Waals surface area contributed by atoms with Crippen molar-refractivity contribution in [2.75, 3.05) is 25.0 Å². The second-order valence-corrected chi connectivity index (χ2v) is 12.3. The summed E-state index contributed by atoms with van der Waals surface area (Å²) in [4.78, 5) is 18.5. The van der Waals surface area contributed by atoms with Crippen LogP contribution in [0.5, 0.6) is 0 Å². The number of anilines is 1. The molecule has 0 radical (unpaired) electrons. The molecule has 38 heavy (non-hydrogen) atoms. The summed E-state index contributed by atoms with van der Waals surface area (Å²) in [6, 6.07) is 24.0. The van der Waals surface area contributed by atoms with Crippen LogP contribution in [-0.2, 0) is 11.2 Å². The van der Waals surface area contributed by atoms with Gasteiger partial charge in [-0.25, -0.2) is 0 Å². The summed E-state index contributed by atoms with van der Waals surface area (Å²) in [5, 5.41) is 4.42. The topological polar surface area (TPSA) is 48.1 Å². The molecule has 3 aromatic carbocycles. The van der Waals surface area contributed by atoms with Crippen molar-refractivity contribution in [2.45, 2.75) is 52.4 Å². The number of nitrogens with one attached hydrogen (secondary N) is 2. The van der Waals surface area contributed by atoms with Crippen LogP contribution in [0.25, 0.3) is 22.2 Å². The van der Waals surface area contributed by atoms with Gasteiger partial charge in [0.2, 0.25) is 5.91 Å². The maximum Gasteiger partial charge on any atom is 0.226 e. The number of benzene rings is 3. The number of amides is 1. The highest BCUT2D eigenvalue weighted by atomic mass is 127.